The average molecular weight is 152 g/mol. The van der Waals surface area contributed by atoms with E-state index < -0.39 is 0 Å². The van der Waals surface area contributed by atoms with Crippen molar-refractivity contribution in [3.8, 4) is 0 Å². The van der Waals surface area contributed by atoms with Gasteiger partial charge in [-0.25, -0.2) is 4.98 Å². The average Bonchev–Trinajstić information content (AvgIpc) is 2.04. The summed E-state index contributed by atoms with van der Waals surface area (Å²) in [5.74, 6) is 1.13. The van der Waals surface area contributed by atoms with Gasteiger partial charge in [0.1, 0.15) is 5.82 Å². The third kappa shape index (κ3) is 1.58. The summed E-state index contributed by atoms with van der Waals surface area (Å²) in [7, 11) is 1.76. The van der Waals surface area contributed by atoms with Crippen molar-refractivity contribution in [2.24, 2.45) is 0 Å². The van der Waals surface area contributed by atoms with Crippen LogP contribution in [0.3, 0.4) is 0 Å². The fourth-order valence-corrected chi connectivity index (χ4v) is 0.813. The molecule has 4 heteroatoms. The van der Waals surface area contributed by atoms with E-state index in [0.29, 0.717) is 11.8 Å². The van der Waals surface area contributed by atoms with E-state index in [9.17, 15) is 0 Å². The van der Waals surface area contributed by atoms with Gasteiger partial charge >= 0.3 is 0 Å². The Balaban J connectivity index is 2.99. The van der Waals surface area contributed by atoms with Gasteiger partial charge in [0, 0.05) is 18.8 Å². The molecular weight excluding hydrogens is 140 g/mol. The number of nitrogens with one attached hydrogen (secondary N) is 1. The molecular formula is C7H12N4. The zero-order chi connectivity index (χ0) is 8.27. The predicted octanol–water partition coefficient (Wildman–Crippen LogP) is 0.663. The molecule has 0 aliphatic rings. The second kappa shape index (κ2) is 3.18. The molecule has 1 heterocycles. The van der Waals surface area contributed by atoms with Gasteiger partial charge in [-0.05, 0) is 6.42 Å². The summed E-state index contributed by atoms with van der Waals surface area (Å²) in [6.07, 6.45) is 2.62. The van der Waals surface area contributed by atoms with E-state index in [4.69, 9.17) is 5.73 Å². The number of nitrogens with zero attached hydrogens (tertiary/aromatic N) is 2. The summed E-state index contributed by atoms with van der Waals surface area (Å²) in [5, 5.41) is 2.82. The summed E-state index contributed by atoms with van der Waals surface area (Å²) in [6, 6.07) is 0. The number of aryl methyl sites for hydroxylation is 1. The number of rotatable bonds is 2. The molecule has 0 bridgehead atoms. The van der Waals surface area contributed by atoms with Crippen molar-refractivity contribution in [3.63, 3.8) is 0 Å². The number of anilines is 2. The maximum Gasteiger partial charge on any atom is 0.224 e. The highest BCUT2D eigenvalue weighted by atomic mass is 15.1. The zero-order valence-electron chi connectivity index (χ0n) is 6.76. The maximum atomic E-state index is 5.62. The second-order valence-electron chi connectivity index (χ2n) is 2.21. The lowest BCUT2D eigenvalue weighted by atomic mass is 10.2. The summed E-state index contributed by atoms with van der Waals surface area (Å²) in [6.45, 7) is 2.02. The van der Waals surface area contributed by atoms with Crippen LogP contribution in [0.1, 0.15) is 12.5 Å². The van der Waals surface area contributed by atoms with Crippen LogP contribution in [-0.4, -0.2) is 17.0 Å². The molecule has 4 nitrogen and oxygen atoms in total. The Labute approximate surface area is 65.9 Å². The van der Waals surface area contributed by atoms with Crippen molar-refractivity contribution in [2.75, 3.05) is 18.1 Å². The van der Waals surface area contributed by atoms with Gasteiger partial charge < -0.3 is 11.1 Å². The monoisotopic (exact) mass is 152 g/mol. The first-order valence-electron chi connectivity index (χ1n) is 3.57. The minimum Gasteiger partial charge on any atom is -0.383 e. The van der Waals surface area contributed by atoms with Crippen LogP contribution in [0.15, 0.2) is 6.20 Å². The number of nitrogen functional groups attached to an aromatic ring is 1. The van der Waals surface area contributed by atoms with Crippen molar-refractivity contribution in [2.45, 2.75) is 13.3 Å². The maximum absolute atomic E-state index is 5.62. The first kappa shape index (κ1) is 7.78. The Kier molecular flexibility index (Phi) is 2.25. The lowest BCUT2D eigenvalue weighted by Gasteiger charge is -2.02. The highest BCUT2D eigenvalue weighted by molar-refractivity contribution is 5.42. The Hall–Kier alpha value is -1.32. The van der Waals surface area contributed by atoms with Crippen LogP contribution >= 0.6 is 0 Å². The summed E-state index contributed by atoms with van der Waals surface area (Å²) < 4.78 is 0. The van der Waals surface area contributed by atoms with Crippen LogP contribution in [0.25, 0.3) is 0 Å². The molecule has 1 aromatic heterocycles. The quantitative estimate of drug-likeness (QED) is 0.653. The number of hydrogen-bond donors (Lipinski definition) is 2. The smallest absolute Gasteiger partial charge is 0.224 e. The highest BCUT2D eigenvalue weighted by Crippen LogP contribution is 2.09. The van der Waals surface area contributed by atoms with Crippen LogP contribution in [0, 0.1) is 0 Å². The number of aromatic nitrogens is 2. The summed E-state index contributed by atoms with van der Waals surface area (Å²) >= 11 is 0. The van der Waals surface area contributed by atoms with Gasteiger partial charge in [0.15, 0.2) is 0 Å². The normalized spacial score (nSPS) is 9.64. The Bertz CT molecular complexity index is 246. The standard InChI is InChI=1S/C7H12N4/c1-3-5-4-10-7(9-2)11-6(5)8/h4H,3H2,1-2H3,(H3,8,9,10,11). The molecule has 0 saturated heterocycles. The molecule has 1 aromatic rings. The molecule has 0 aromatic carbocycles. The molecule has 0 unspecified atom stereocenters. The third-order valence-electron chi connectivity index (χ3n) is 1.50. The number of nitrogens with two attached hydrogens (primary N) is 1. The highest BCUT2D eigenvalue weighted by Gasteiger charge is 1.99. The van der Waals surface area contributed by atoms with Crippen molar-refractivity contribution < 1.29 is 0 Å². The van der Waals surface area contributed by atoms with Crippen molar-refractivity contribution >= 4 is 11.8 Å². The topological polar surface area (TPSA) is 63.8 Å². The second-order valence-corrected chi connectivity index (χ2v) is 2.21. The van der Waals surface area contributed by atoms with Crippen molar-refractivity contribution in [1.29, 1.82) is 0 Å². The Morgan fingerprint density at radius 1 is 1.64 bits per heavy atom. The van der Waals surface area contributed by atoms with E-state index in [1.165, 1.54) is 0 Å². The lowest BCUT2D eigenvalue weighted by Crippen LogP contribution is -2.02. The van der Waals surface area contributed by atoms with Gasteiger partial charge in [-0.15, -0.1) is 0 Å². The zero-order valence-corrected chi connectivity index (χ0v) is 6.76. The first-order valence-corrected chi connectivity index (χ1v) is 3.57. The van der Waals surface area contributed by atoms with Crippen LogP contribution in [-0.2, 0) is 6.42 Å². The molecule has 1 rings (SSSR count). The Morgan fingerprint density at radius 3 is 2.82 bits per heavy atom. The fourth-order valence-electron chi connectivity index (χ4n) is 0.813. The molecule has 0 fully saturated rings. The SMILES string of the molecule is CCc1cnc(NC)nc1N. The van der Waals surface area contributed by atoms with Crippen LogP contribution in [0.4, 0.5) is 11.8 Å². The van der Waals surface area contributed by atoms with E-state index in [1.807, 2.05) is 6.92 Å². The minimum atomic E-state index is 0.562. The van der Waals surface area contributed by atoms with Gasteiger partial charge in [-0.3, -0.25) is 0 Å². The van der Waals surface area contributed by atoms with E-state index in [1.54, 1.807) is 13.2 Å². The van der Waals surface area contributed by atoms with Crippen LogP contribution in [0.2, 0.25) is 0 Å². The van der Waals surface area contributed by atoms with Gasteiger partial charge in [0.2, 0.25) is 5.95 Å². The summed E-state index contributed by atoms with van der Waals surface area (Å²) in [4.78, 5) is 8.04. The van der Waals surface area contributed by atoms with Gasteiger partial charge in [-0.1, -0.05) is 6.92 Å². The molecule has 0 aliphatic carbocycles. The lowest BCUT2D eigenvalue weighted by molar-refractivity contribution is 1.05. The molecule has 60 valence electrons. The molecule has 3 N–H and O–H groups in total. The van der Waals surface area contributed by atoms with Crippen molar-refractivity contribution in [1.82, 2.24) is 9.97 Å². The molecule has 11 heavy (non-hydrogen) atoms. The number of hydrogen-bond acceptors (Lipinski definition) is 4. The van der Waals surface area contributed by atoms with E-state index >= 15 is 0 Å². The molecule has 0 radical (unpaired) electrons. The molecule has 0 atom stereocenters. The third-order valence-corrected chi connectivity index (χ3v) is 1.50. The molecule has 0 aliphatic heterocycles. The van der Waals surface area contributed by atoms with Crippen molar-refractivity contribution in [3.05, 3.63) is 11.8 Å². The minimum absolute atomic E-state index is 0.562. The van der Waals surface area contributed by atoms with Crippen LogP contribution in [0.5, 0.6) is 0 Å². The van der Waals surface area contributed by atoms with Gasteiger partial charge in [0.25, 0.3) is 0 Å². The van der Waals surface area contributed by atoms with E-state index in [0.717, 1.165) is 12.0 Å². The summed E-state index contributed by atoms with van der Waals surface area (Å²) in [5.41, 5.74) is 6.61. The van der Waals surface area contributed by atoms with E-state index in [-0.39, 0.29) is 0 Å². The molecule has 0 amide bonds. The van der Waals surface area contributed by atoms with Crippen LogP contribution < -0.4 is 11.1 Å². The van der Waals surface area contributed by atoms with E-state index in [2.05, 4.69) is 15.3 Å². The Morgan fingerprint density at radius 2 is 2.36 bits per heavy atom. The van der Waals surface area contributed by atoms with Gasteiger partial charge in [0.05, 0.1) is 0 Å². The first-order chi connectivity index (χ1) is 5.27. The molecule has 0 spiro atoms. The molecule has 0 saturated carbocycles. The largest absolute Gasteiger partial charge is 0.383 e. The fraction of sp³-hybridized carbons (Fsp3) is 0.429. The van der Waals surface area contributed by atoms with Gasteiger partial charge in [-0.2, -0.15) is 4.98 Å². The predicted molar refractivity (Wildman–Crippen MR) is 45.4 cm³/mol.